The molecule has 0 spiro atoms. The van der Waals surface area contributed by atoms with Gasteiger partial charge in [0.05, 0.1) is 19.8 Å². The average Bonchev–Trinajstić information content (AvgIpc) is 3.28. The van der Waals surface area contributed by atoms with Gasteiger partial charge in [0, 0.05) is 5.39 Å². The monoisotopic (exact) mass is 428 g/mol. The van der Waals surface area contributed by atoms with E-state index in [2.05, 4.69) is 4.98 Å². The quantitative estimate of drug-likeness (QED) is 0.389. The Labute approximate surface area is 177 Å². The fourth-order valence-electron chi connectivity index (χ4n) is 3.53. The molecule has 1 saturated heterocycles. The molecule has 2 heterocycles. The molecule has 3 aromatic rings. The van der Waals surface area contributed by atoms with Crippen LogP contribution in [-0.2, 0) is 27.5 Å². The zero-order valence-electron chi connectivity index (χ0n) is 16.4. The minimum Gasteiger partial charge on any atom is -0.656 e. The lowest BCUT2D eigenvalue weighted by atomic mass is 10.1. The summed E-state index contributed by atoms with van der Waals surface area (Å²) in [5.41, 5.74) is 1.47. The van der Waals surface area contributed by atoms with Crippen LogP contribution < -0.4 is 9.72 Å². The van der Waals surface area contributed by atoms with Gasteiger partial charge in [0.15, 0.2) is 6.10 Å². The van der Waals surface area contributed by atoms with Gasteiger partial charge in [-0.25, -0.2) is 4.79 Å². The van der Waals surface area contributed by atoms with Crippen LogP contribution in [0.2, 0.25) is 0 Å². The van der Waals surface area contributed by atoms with E-state index in [4.69, 9.17) is 14.2 Å². The average molecular weight is 428 g/mol. The number of hydrogen-bond acceptors (Lipinski definition) is 8. The van der Waals surface area contributed by atoms with Crippen LogP contribution in [0.5, 0.6) is 5.75 Å². The molecule has 9 heteroatoms. The fraction of sp³-hybridized carbons (Fsp3) is 0.318. The van der Waals surface area contributed by atoms with E-state index >= 15 is 0 Å². The van der Waals surface area contributed by atoms with E-state index in [1.165, 1.54) is 0 Å². The van der Waals surface area contributed by atoms with Gasteiger partial charge in [-0.15, -0.1) is 5.52 Å². The van der Waals surface area contributed by atoms with Crippen LogP contribution in [0, 0.1) is 0 Å². The van der Waals surface area contributed by atoms with Crippen LogP contribution in [0.4, 0.5) is 0 Å². The van der Waals surface area contributed by atoms with Gasteiger partial charge in [-0.2, -0.15) is 0 Å². The molecule has 0 aliphatic carbocycles. The number of para-hydroxylation sites is 1. The fourth-order valence-corrected chi connectivity index (χ4v) is 3.53. The number of carbonyl (C=O) groups is 1. The van der Waals surface area contributed by atoms with Gasteiger partial charge < -0.3 is 39.6 Å². The second-order valence-electron chi connectivity index (χ2n) is 7.23. The van der Waals surface area contributed by atoms with E-state index < -0.39 is 43.3 Å². The molecule has 2 aromatic carbocycles. The minimum atomic E-state index is -2.39. The third-order valence-electron chi connectivity index (χ3n) is 5.17. The van der Waals surface area contributed by atoms with Crippen molar-refractivity contribution in [2.45, 2.75) is 37.3 Å². The van der Waals surface area contributed by atoms with Crippen molar-refractivity contribution in [1.29, 1.82) is 0 Å². The number of nitrogens with zero attached hydrogens (tertiary/aromatic N) is 1. The zero-order valence-corrected chi connectivity index (χ0v) is 16.4. The van der Waals surface area contributed by atoms with Gasteiger partial charge in [-0.3, -0.25) is 0 Å². The second-order valence-corrected chi connectivity index (χ2v) is 7.23. The molecule has 0 amide bonds. The van der Waals surface area contributed by atoms with Gasteiger partial charge >= 0.3 is 5.97 Å². The van der Waals surface area contributed by atoms with Crippen molar-refractivity contribution < 1.29 is 39.4 Å². The van der Waals surface area contributed by atoms with Crippen molar-refractivity contribution in [3.63, 3.8) is 0 Å². The Morgan fingerprint density at radius 1 is 1.10 bits per heavy atom. The van der Waals surface area contributed by atoms with E-state index in [1.807, 2.05) is 6.07 Å². The molecule has 0 radical (unpaired) electrons. The lowest BCUT2D eigenvalue weighted by Crippen LogP contribution is -2.46. The smallest absolute Gasteiger partial charge is 0.343 e. The highest BCUT2D eigenvalue weighted by Gasteiger charge is 2.57. The highest BCUT2D eigenvalue weighted by Crippen LogP contribution is 2.35. The van der Waals surface area contributed by atoms with Crippen molar-refractivity contribution in [3.05, 3.63) is 65.9 Å². The second kappa shape index (κ2) is 8.75. The Bertz CT molecular complexity index is 1050. The molecule has 164 valence electrons. The number of esters is 1. The normalized spacial score (nSPS) is 25.7. The number of benzene rings is 2. The lowest BCUT2D eigenvalue weighted by Gasteiger charge is -2.23. The molecule has 1 fully saturated rings. The van der Waals surface area contributed by atoms with E-state index in [-0.39, 0.29) is 18.1 Å². The van der Waals surface area contributed by atoms with E-state index in [1.54, 1.807) is 48.5 Å². The molecule has 9 nitrogen and oxygen atoms in total. The summed E-state index contributed by atoms with van der Waals surface area (Å²) in [4.78, 5) is 17.2. The van der Waals surface area contributed by atoms with Crippen LogP contribution >= 0.6 is 0 Å². The van der Waals surface area contributed by atoms with Crippen LogP contribution in [-0.4, -0.2) is 57.1 Å². The topological polar surface area (TPSA) is 140 Å². The highest BCUT2D eigenvalue weighted by atomic mass is 16.7. The molecule has 4 unspecified atom stereocenters. The van der Waals surface area contributed by atoms with Crippen molar-refractivity contribution in [2.24, 2.45) is 0 Å². The largest absolute Gasteiger partial charge is 0.656 e. The number of hydrogen-bond donors (Lipinski definition) is 4. The molecule has 1 aromatic heterocycles. The van der Waals surface area contributed by atoms with Crippen molar-refractivity contribution in [1.82, 2.24) is 4.98 Å². The molecule has 31 heavy (non-hydrogen) atoms. The number of rotatable bonds is 7. The van der Waals surface area contributed by atoms with Crippen LogP contribution in [0.3, 0.4) is 0 Å². The van der Waals surface area contributed by atoms with Crippen LogP contribution in [0.1, 0.15) is 11.3 Å². The summed E-state index contributed by atoms with van der Waals surface area (Å²) in [5.74, 6) is -3.30. The first kappa shape index (κ1) is 21.4. The van der Waals surface area contributed by atoms with Gasteiger partial charge in [0.1, 0.15) is 18.0 Å². The summed E-state index contributed by atoms with van der Waals surface area (Å²) in [6, 6.07) is 15.9. The minimum absolute atomic E-state index is 0.0277. The third kappa shape index (κ3) is 4.07. The molecular weight excluding hydrogens is 406 g/mol. The Kier molecular flexibility index (Phi) is 6.05. The molecule has 0 bridgehead atoms. The summed E-state index contributed by atoms with van der Waals surface area (Å²) in [5, 5.41) is 40.5. The molecule has 4 atom stereocenters. The van der Waals surface area contributed by atoms with Crippen molar-refractivity contribution in [2.75, 3.05) is 6.61 Å². The standard InChI is InChI=1S/C22H22NO8/c24-10-16-17(14-8-4-5-9-15(14)23-16)30-21(27)19-18(20(26)22(28,12-25)31-19)29-11-13-6-2-1-3-7-13/h1-9,18-20,24-26,28H,10-12H2/q-1. The van der Waals surface area contributed by atoms with Gasteiger partial charge in [-0.1, -0.05) is 60.3 Å². The Morgan fingerprint density at radius 2 is 1.81 bits per heavy atom. The summed E-state index contributed by atoms with van der Waals surface area (Å²) in [6.07, 6.45) is -4.54. The van der Waals surface area contributed by atoms with Crippen LogP contribution in [0.25, 0.3) is 10.9 Å². The van der Waals surface area contributed by atoms with Crippen molar-refractivity contribution in [3.8, 4) is 5.75 Å². The van der Waals surface area contributed by atoms with Crippen LogP contribution in [0.15, 0.2) is 54.6 Å². The predicted molar refractivity (Wildman–Crippen MR) is 107 cm³/mol. The predicted octanol–water partition coefficient (Wildman–Crippen LogP) is 0.221. The summed E-state index contributed by atoms with van der Waals surface area (Å²) < 4.78 is 16.4. The Balaban J connectivity index is 1.59. The van der Waals surface area contributed by atoms with E-state index in [9.17, 15) is 25.2 Å². The molecule has 4 rings (SSSR count). The number of fused-ring (bicyclic) bond motifs is 1. The third-order valence-corrected chi connectivity index (χ3v) is 5.17. The molecule has 1 aliphatic heterocycles. The SMILES string of the molecule is O=C(Oc1c(CO)[n-]c2ccccc12)C1OC(O)(CO)C(O)C1OCc1ccccc1. The Hall–Kier alpha value is -2.79. The van der Waals surface area contributed by atoms with E-state index in [0.717, 1.165) is 5.56 Å². The molecular formula is C22H22NO8-. The van der Waals surface area contributed by atoms with Gasteiger partial charge in [0.2, 0.25) is 5.79 Å². The number of carbonyl (C=O) groups excluding carboxylic acids is 1. The first-order valence-corrected chi connectivity index (χ1v) is 9.68. The number of aromatic nitrogens is 1. The Morgan fingerprint density at radius 3 is 2.52 bits per heavy atom. The molecule has 0 saturated carbocycles. The first-order valence-electron chi connectivity index (χ1n) is 9.68. The van der Waals surface area contributed by atoms with E-state index in [0.29, 0.717) is 10.9 Å². The summed E-state index contributed by atoms with van der Waals surface area (Å²) in [6.45, 7) is -1.38. The maximum absolute atomic E-state index is 13.0. The first-order chi connectivity index (χ1) is 15.0. The van der Waals surface area contributed by atoms with Crippen molar-refractivity contribution >= 4 is 16.9 Å². The maximum atomic E-state index is 13.0. The van der Waals surface area contributed by atoms with Gasteiger partial charge in [0.25, 0.3) is 0 Å². The number of ether oxygens (including phenoxy) is 3. The summed E-state index contributed by atoms with van der Waals surface area (Å²) >= 11 is 0. The van der Waals surface area contributed by atoms with Gasteiger partial charge in [-0.05, 0) is 5.56 Å². The lowest BCUT2D eigenvalue weighted by molar-refractivity contribution is -0.246. The number of aliphatic hydroxyl groups is 4. The number of aliphatic hydroxyl groups excluding tert-OH is 3. The molecule has 4 N–H and O–H groups in total. The summed E-state index contributed by atoms with van der Waals surface area (Å²) in [7, 11) is 0. The maximum Gasteiger partial charge on any atom is 0.343 e. The molecule has 1 aliphatic rings. The highest BCUT2D eigenvalue weighted by molar-refractivity contribution is 5.91. The zero-order chi connectivity index (χ0) is 22.0.